The second-order valence-corrected chi connectivity index (χ2v) is 7.67. The molecular weight excluding hydrogens is 409 g/mol. The molecule has 0 saturated carbocycles. The molecule has 0 unspecified atom stereocenters. The number of amides is 2. The van der Waals surface area contributed by atoms with Gasteiger partial charge in [0.1, 0.15) is 5.58 Å². The molecule has 1 aliphatic heterocycles. The van der Waals surface area contributed by atoms with E-state index in [0.29, 0.717) is 31.0 Å². The summed E-state index contributed by atoms with van der Waals surface area (Å²) in [6.07, 6.45) is -2.98. The fourth-order valence-electron chi connectivity index (χ4n) is 3.73. The summed E-state index contributed by atoms with van der Waals surface area (Å²) in [5.41, 5.74) is 0.0720. The number of nitrogens with zero attached hydrogens (tertiary/aromatic N) is 1. The first-order valence-corrected chi connectivity index (χ1v) is 10.0. The largest absolute Gasteiger partial charge is 0.451 e. The van der Waals surface area contributed by atoms with Crippen molar-refractivity contribution in [2.45, 2.75) is 19.0 Å². The molecule has 0 radical (unpaired) electrons. The minimum absolute atomic E-state index is 0.150. The summed E-state index contributed by atoms with van der Waals surface area (Å²) in [4.78, 5) is 26.7. The fourth-order valence-corrected chi connectivity index (χ4v) is 3.73. The zero-order chi connectivity index (χ0) is 22.0. The van der Waals surface area contributed by atoms with E-state index in [1.54, 1.807) is 11.0 Å². The van der Waals surface area contributed by atoms with Crippen molar-refractivity contribution in [2.24, 2.45) is 5.92 Å². The molecule has 0 spiro atoms. The number of hydrogen-bond donors (Lipinski definition) is 1. The summed E-state index contributed by atoms with van der Waals surface area (Å²) >= 11 is 0. The number of para-hydroxylation sites is 1. The summed E-state index contributed by atoms with van der Waals surface area (Å²) in [6.45, 7) is 1.51. The maximum Gasteiger partial charge on any atom is 0.416 e. The van der Waals surface area contributed by atoms with E-state index in [-0.39, 0.29) is 17.4 Å². The zero-order valence-electron chi connectivity index (χ0n) is 16.6. The highest BCUT2D eigenvalue weighted by Crippen LogP contribution is 2.29. The minimum atomic E-state index is -4.43. The number of fused-ring (bicyclic) bond motifs is 1. The smallest absolute Gasteiger partial charge is 0.416 e. The molecule has 4 rings (SSSR count). The summed E-state index contributed by atoms with van der Waals surface area (Å²) < 4.78 is 43.5. The van der Waals surface area contributed by atoms with Crippen molar-refractivity contribution in [2.75, 3.05) is 19.6 Å². The number of furan rings is 1. The molecule has 2 heterocycles. The van der Waals surface area contributed by atoms with Crippen molar-refractivity contribution >= 4 is 22.8 Å². The molecule has 0 atom stereocenters. The highest BCUT2D eigenvalue weighted by atomic mass is 19.4. The van der Waals surface area contributed by atoms with Crippen molar-refractivity contribution < 1.29 is 27.2 Å². The SMILES string of the molecule is O=C(NCC1CCN(C(=O)c2cc3ccccc3o2)CC1)c1ccc(C(F)(F)F)cc1. The minimum Gasteiger partial charge on any atom is -0.451 e. The number of hydrogen-bond acceptors (Lipinski definition) is 3. The molecule has 0 bridgehead atoms. The van der Waals surface area contributed by atoms with Gasteiger partial charge in [-0.2, -0.15) is 13.2 Å². The number of nitrogens with one attached hydrogen (secondary N) is 1. The predicted molar refractivity (Wildman–Crippen MR) is 109 cm³/mol. The number of piperidine rings is 1. The van der Waals surface area contributed by atoms with Gasteiger partial charge in [-0.15, -0.1) is 0 Å². The van der Waals surface area contributed by atoms with Crippen molar-refractivity contribution in [3.63, 3.8) is 0 Å². The summed E-state index contributed by atoms with van der Waals surface area (Å²) in [5, 5.41) is 3.66. The summed E-state index contributed by atoms with van der Waals surface area (Å²) in [7, 11) is 0. The van der Waals surface area contributed by atoms with Crippen LogP contribution in [0, 0.1) is 5.92 Å². The van der Waals surface area contributed by atoms with Gasteiger partial charge in [-0.1, -0.05) is 18.2 Å². The molecule has 3 aromatic rings. The van der Waals surface area contributed by atoms with Gasteiger partial charge in [0.15, 0.2) is 5.76 Å². The Morgan fingerprint density at radius 3 is 2.35 bits per heavy atom. The van der Waals surface area contributed by atoms with E-state index >= 15 is 0 Å². The molecule has 2 aromatic carbocycles. The quantitative estimate of drug-likeness (QED) is 0.651. The molecule has 1 aliphatic rings. The molecule has 2 amide bonds. The number of likely N-dealkylation sites (tertiary alicyclic amines) is 1. The van der Waals surface area contributed by atoms with Crippen LogP contribution in [0.15, 0.2) is 59.0 Å². The molecule has 0 aliphatic carbocycles. The molecule has 1 saturated heterocycles. The van der Waals surface area contributed by atoms with Crippen LogP contribution in [0.5, 0.6) is 0 Å². The Bertz CT molecular complexity index is 1050. The van der Waals surface area contributed by atoms with Crippen LogP contribution in [0.3, 0.4) is 0 Å². The highest BCUT2D eigenvalue weighted by Gasteiger charge is 2.30. The van der Waals surface area contributed by atoms with E-state index in [4.69, 9.17) is 4.42 Å². The highest BCUT2D eigenvalue weighted by molar-refractivity contribution is 5.96. The first-order chi connectivity index (χ1) is 14.8. The van der Waals surface area contributed by atoms with Crippen LogP contribution < -0.4 is 5.32 Å². The average Bonchev–Trinajstić information content (AvgIpc) is 3.21. The number of benzene rings is 2. The van der Waals surface area contributed by atoms with Crippen LogP contribution in [0.25, 0.3) is 11.0 Å². The Morgan fingerprint density at radius 1 is 1.03 bits per heavy atom. The molecule has 162 valence electrons. The third-order valence-electron chi connectivity index (χ3n) is 5.56. The number of carbonyl (C=O) groups excluding carboxylic acids is 2. The van der Waals surface area contributed by atoms with Gasteiger partial charge < -0.3 is 14.6 Å². The van der Waals surface area contributed by atoms with Crippen LogP contribution in [-0.4, -0.2) is 36.3 Å². The number of carbonyl (C=O) groups is 2. The summed E-state index contributed by atoms with van der Waals surface area (Å²) in [6, 6.07) is 13.3. The van der Waals surface area contributed by atoms with Gasteiger partial charge in [0.25, 0.3) is 11.8 Å². The predicted octanol–water partition coefficient (Wildman–Crippen LogP) is 4.73. The van der Waals surface area contributed by atoms with Crippen LogP contribution in [0.2, 0.25) is 0 Å². The number of halogens is 3. The number of rotatable bonds is 4. The van der Waals surface area contributed by atoms with Gasteiger partial charge >= 0.3 is 6.18 Å². The fraction of sp³-hybridized carbons (Fsp3) is 0.304. The lowest BCUT2D eigenvalue weighted by atomic mass is 9.96. The molecular formula is C23H21F3N2O3. The molecule has 8 heteroatoms. The van der Waals surface area contributed by atoms with Gasteiger partial charge in [0.2, 0.25) is 0 Å². The Hall–Kier alpha value is -3.29. The van der Waals surface area contributed by atoms with Crippen LogP contribution >= 0.6 is 0 Å². The van der Waals surface area contributed by atoms with E-state index < -0.39 is 17.6 Å². The number of alkyl halides is 3. The van der Waals surface area contributed by atoms with Gasteiger partial charge in [-0.3, -0.25) is 9.59 Å². The first kappa shape index (κ1) is 21.0. The van der Waals surface area contributed by atoms with Gasteiger partial charge in [0, 0.05) is 30.6 Å². The summed E-state index contributed by atoms with van der Waals surface area (Å²) in [5.74, 6) is -0.0497. The molecule has 5 nitrogen and oxygen atoms in total. The van der Waals surface area contributed by atoms with E-state index in [9.17, 15) is 22.8 Å². The first-order valence-electron chi connectivity index (χ1n) is 10.0. The molecule has 1 fully saturated rings. The van der Waals surface area contributed by atoms with Crippen LogP contribution in [0.1, 0.15) is 39.3 Å². The van der Waals surface area contributed by atoms with E-state index in [1.807, 2.05) is 24.3 Å². The maximum absolute atomic E-state index is 12.7. The van der Waals surface area contributed by atoms with Gasteiger partial charge in [-0.25, -0.2) is 0 Å². The Morgan fingerprint density at radius 2 is 1.71 bits per heavy atom. The van der Waals surface area contributed by atoms with Crippen molar-refractivity contribution in [3.05, 3.63) is 71.5 Å². The molecule has 1 aromatic heterocycles. The van der Waals surface area contributed by atoms with Gasteiger partial charge in [-0.05, 0) is 55.2 Å². The van der Waals surface area contributed by atoms with Gasteiger partial charge in [0.05, 0.1) is 5.56 Å². The third kappa shape index (κ3) is 4.73. The topological polar surface area (TPSA) is 62.6 Å². The average molecular weight is 430 g/mol. The van der Waals surface area contributed by atoms with E-state index in [1.165, 1.54) is 12.1 Å². The maximum atomic E-state index is 12.7. The standard InChI is InChI=1S/C23H21F3N2O3/c24-23(25,26)18-7-5-16(6-8-18)21(29)27-14-15-9-11-28(12-10-15)22(30)20-13-17-3-1-2-4-19(17)31-20/h1-8,13,15H,9-12,14H2,(H,27,29). The lowest BCUT2D eigenvalue weighted by Gasteiger charge is -2.31. The third-order valence-corrected chi connectivity index (χ3v) is 5.56. The second kappa shape index (κ2) is 8.45. The van der Waals surface area contributed by atoms with Crippen molar-refractivity contribution in [1.29, 1.82) is 0 Å². The van der Waals surface area contributed by atoms with Crippen molar-refractivity contribution in [3.8, 4) is 0 Å². The lowest BCUT2D eigenvalue weighted by Crippen LogP contribution is -2.41. The molecule has 31 heavy (non-hydrogen) atoms. The zero-order valence-corrected chi connectivity index (χ0v) is 16.6. The van der Waals surface area contributed by atoms with E-state index in [2.05, 4.69) is 5.32 Å². The second-order valence-electron chi connectivity index (χ2n) is 7.67. The van der Waals surface area contributed by atoms with Crippen LogP contribution in [-0.2, 0) is 6.18 Å². The Balaban J connectivity index is 1.27. The normalized spacial score (nSPS) is 15.3. The Kier molecular flexibility index (Phi) is 5.71. The monoisotopic (exact) mass is 430 g/mol. The lowest BCUT2D eigenvalue weighted by molar-refractivity contribution is -0.137. The Labute approximate surface area is 176 Å². The van der Waals surface area contributed by atoms with E-state index in [0.717, 1.165) is 30.4 Å². The molecule has 1 N–H and O–H groups in total. The van der Waals surface area contributed by atoms with Crippen LogP contribution in [0.4, 0.5) is 13.2 Å². The van der Waals surface area contributed by atoms with Crippen molar-refractivity contribution in [1.82, 2.24) is 10.2 Å².